The van der Waals surface area contributed by atoms with Gasteiger partial charge in [0.15, 0.2) is 5.76 Å². The molecule has 2 rings (SSSR count). The summed E-state index contributed by atoms with van der Waals surface area (Å²) >= 11 is 0. The predicted molar refractivity (Wildman–Crippen MR) is 51.9 cm³/mol. The van der Waals surface area contributed by atoms with E-state index < -0.39 is 11.9 Å². The highest BCUT2D eigenvalue weighted by molar-refractivity contribution is 5.92. The molecule has 1 N–H and O–H groups in total. The summed E-state index contributed by atoms with van der Waals surface area (Å²) in [6, 6.07) is 5.65. The second-order valence-electron chi connectivity index (χ2n) is 3.01. The minimum atomic E-state index is -0.688. The molecule has 5 nitrogen and oxygen atoms in total. The Kier molecular flexibility index (Phi) is 2.90. The van der Waals surface area contributed by atoms with E-state index in [4.69, 9.17) is 4.52 Å². The van der Waals surface area contributed by atoms with Crippen LogP contribution in [0.1, 0.15) is 16.2 Å². The van der Waals surface area contributed by atoms with Gasteiger partial charge >= 0.3 is 0 Å². The van der Waals surface area contributed by atoms with Crippen molar-refractivity contribution in [1.29, 1.82) is 0 Å². The number of hydrogen-bond donors (Lipinski definition) is 1. The summed E-state index contributed by atoms with van der Waals surface area (Å²) in [5.74, 6) is -0.632. The Bertz CT molecular complexity index is 485. The summed E-state index contributed by atoms with van der Waals surface area (Å²) in [6.07, 6.45) is 1.47. The molecule has 16 heavy (non-hydrogen) atoms. The van der Waals surface area contributed by atoms with Crippen molar-refractivity contribution in [2.75, 3.05) is 0 Å². The predicted octanol–water partition coefficient (Wildman–Crippen LogP) is 1.14. The van der Waals surface area contributed by atoms with Crippen molar-refractivity contribution in [1.82, 2.24) is 15.5 Å². The summed E-state index contributed by atoms with van der Waals surface area (Å²) in [6.45, 7) is 0.191. The molecule has 0 unspecified atom stereocenters. The van der Waals surface area contributed by atoms with Gasteiger partial charge in [-0.2, -0.15) is 4.39 Å². The molecule has 0 aliphatic heterocycles. The Morgan fingerprint density at radius 3 is 3.00 bits per heavy atom. The van der Waals surface area contributed by atoms with Crippen LogP contribution in [-0.2, 0) is 6.54 Å². The zero-order valence-electron chi connectivity index (χ0n) is 8.18. The van der Waals surface area contributed by atoms with Gasteiger partial charge in [0, 0.05) is 6.07 Å². The molecule has 2 aromatic heterocycles. The molecule has 0 spiro atoms. The van der Waals surface area contributed by atoms with Gasteiger partial charge in [0.1, 0.15) is 5.69 Å². The lowest BCUT2D eigenvalue weighted by atomic mass is 10.3. The van der Waals surface area contributed by atoms with E-state index in [0.717, 1.165) is 0 Å². The topological polar surface area (TPSA) is 68.0 Å². The second kappa shape index (κ2) is 4.52. The van der Waals surface area contributed by atoms with Crippen LogP contribution < -0.4 is 5.32 Å². The normalized spacial score (nSPS) is 10.1. The first-order valence-electron chi connectivity index (χ1n) is 4.56. The van der Waals surface area contributed by atoms with E-state index in [1.165, 1.54) is 24.4 Å². The molecule has 0 aliphatic rings. The maximum Gasteiger partial charge on any atom is 0.270 e. The quantitative estimate of drug-likeness (QED) is 0.789. The number of nitrogens with zero attached hydrogens (tertiary/aromatic N) is 2. The SMILES string of the molecule is O=C(NCc1ccno1)c1cccc(F)n1. The first-order chi connectivity index (χ1) is 7.75. The number of carbonyl (C=O) groups is 1. The van der Waals surface area contributed by atoms with E-state index in [1.807, 2.05) is 0 Å². The van der Waals surface area contributed by atoms with Gasteiger partial charge in [0.2, 0.25) is 5.95 Å². The Morgan fingerprint density at radius 1 is 1.44 bits per heavy atom. The number of hydrogen-bond acceptors (Lipinski definition) is 4. The minimum Gasteiger partial charge on any atom is -0.360 e. The van der Waals surface area contributed by atoms with Gasteiger partial charge in [-0.05, 0) is 12.1 Å². The standard InChI is InChI=1S/C10H8FN3O2/c11-9-3-1-2-8(14-9)10(15)12-6-7-4-5-13-16-7/h1-5H,6H2,(H,12,15). The number of pyridine rings is 1. The van der Waals surface area contributed by atoms with Gasteiger partial charge in [0.05, 0.1) is 12.7 Å². The number of halogens is 1. The largest absolute Gasteiger partial charge is 0.360 e. The zero-order chi connectivity index (χ0) is 11.4. The molecule has 0 aliphatic carbocycles. The summed E-state index contributed by atoms with van der Waals surface area (Å²) in [5.41, 5.74) is 0.0273. The highest BCUT2D eigenvalue weighted by Crippen LogP contribution is 1.99. The van der Waals surface area contributed by atoms with E-state index >= 15 is 0 Å². The van der Waals surface area contributed by atoms with Crippen LogP contribution >= 0.6 is 0 Å². The number of rotatable bonds is 3. The van der Waals surface area contributed by atoms with Gasteiger partial charge in [-0.15, -0.1) is 0 Å². The Labute approximate surface area is 90.3 Å². The maximum atomic E-state index is 12.7. The van der Waals surface area contributed by atoms with Crippen LogP contribution in [0.4, 0.5) is 4.39 Å². The summed E-state index contributed by atoms with van der Waals surface area (Å²) in [4.78, 5) is 14.9. The average molecular weight is 221 g/mol. The van der Waals surface area contributed by atoms with Crippen LogP contribution in [0.3, 0.4) is 0 Å². The third-order valence-corrected chi connectivity index (χ3v) is 1.86. The molecule has 1 amide bonds. The van der Waals surface area contributed by atoms with Crippen LogP contribution in [0.2, 0.25) is 0 Å². The molecule has 0 fully saturated rings. The van der Waals surface area contributed by atoms with Crippen LogP contribution in [0.15, 0.2) is 35.0 Å². The first kappa shape index (κ1) is 10.3. The van der Waals surface area contributed by atoms with Crippen molar-refractivity contribution in [2.24, 2.45) is 0 Å². The zero-order valence-corrected chi connectivity index (χ0v) is 8.18. The molecule has 2 heterocycles. The van der Waals surface area contributed by atoms with Crippen molar-refractivity contribution in [3.05, 3.63) is 47.9 Å². The lowest BCUT2D eigenvalue weighted by Gasteiger charge is -2.01. The molecule has 6 heteroatoms. The van der Waals surface area contributed by atoms with Gasteiger partial charge in [-0.25, -0.2) is 4.98 Å². The minimum absolute atomic E-state index is 0.0273. The van der Waals surface area contributed by atoms with Gasteiger partial charge in [0.25, 0.3) is 5.91 Å². The summed E-state index contributed by atoms with van der Waals surface area (Å²) in [5, 5.41) is 6.01. The molecule has 0 radical (unpaired) electrons. The third-order valence-electron chi connectivity index (χ3n) is 1.86. The van der Waals surface area contributed by atoms with E-state index in [9.17, 15) is 9.18 Å². The van der Waals surface area contributed by atoms with E-state index in [1.54, 1.807) is 6.07 Å². The number of amides is 1. The second-order valence-corrected chi connectivity index (χ2v) is 3.01. The summed E-state index contributed by atoms with van der Waals surface area (Å²) in [7, 11) is 0. The fourth-order valence-electron chi connectivity index (χ4n) is 1.13. The van der Waals surface area contributed by atoms with Crippen LogP contribution in [0.5, 0.6) is 0 Å². The monoisotopic (exact) mass is 221 g/mol. The molecule has 0 atom stereocenters. The Morgan fingerprint density at radius 2 is 2.31 bits per heavy atom. The highest BCUT2D eigenvalue weighted by atomic mass is 19.1. The number of nitrogens with one attached hydrogen (secondary N) is 1. The smallest absolute Gasteiger partial charge is 0.270 e. The van der Waals surface area contributed by atoms with Crippen LogP contribution in [0.25, 0.3) is 0 Å². The maximum absolute atomic E-state index is 12.7. The van der Waals surface area contributed by atoms with Crippen molar-refractivity contribution in [3.63, 3.8) is 0 Å². The molecule has 0 saturated heterocycles. The fourth-order valence-corrected chi connectivity index (χ4v) is 1.13. The highest BCUT2D eigenvalue weighted by Gasteiger charge is 2.08. The Balaban J connectivity index is 1.98. The Hall–Kier alpha value is -2.24. The first-order valence-corrected chi connectivity index (χ1v) is 4.56. The molecule has 0 aromatic carbocycles. The lowest BCUT2D eigenvalue weighted by Crippen LogP contribution is -2.23. The number of carbonyl (C=O) groups excluding carboxylic acids is 1. The van der Waals surface area contributed by atoms with Crippen molar-refractivity contribution < 1.29 is 13.7 Å². The van der Waals surface area contributed by atoms with E-state index in [0.29, 0.717) is 5.76 Å². The van der Waals surface area contributed by atoms with Gasteiger partial charge in [-0.1, -0.05) is 11.2 Å². The van der Waals surface area contributed by atoms with Crippen molar-refractivity contribution in [2.45, 2.75) is 6.54 Å². The summed E-state index contributed by atoms with van der Waals surface area (Å²) < 4.78 is 17.5. The van der Waals surface area contributed by atoms with Crippen LogP contribution in [-0.4, -0.2) is 16.0 Å². The van der Waals surface area contributed by atoms with E-state index in [-0.39, 0.29) is 12.2 Å². The molecular weight excluding hydrogens is 213 g/mol. The number of aromatic nitrogens is 2. The van der Waals surface area contributed by atoms with Crippen molar-refractivity contribution in [3.8, 4) is 0 Å². The van der Waals surface area contributed by atoms with Gasteiger partial charge in [-0.3, -0.25) is 4.79 Å². The lowest BCUT2D eigenvalue weighted by molar-refractivity contribution is 0.0941. The van der Waals surface area contributed by atoms with E-state index in [2.05, 4.69) is 15.5 Å². The molecule has 2 aromatic rings. The molecular formula is C10H8FN3O2. The molecule has 0 saturated carbocycles. The van der Waals surface area contributed by atoms with Crippen molar-refractivity contribution >= 4 is 5.91 Å². The molecule has 82 valence electrons. The van der Waals surface area contributed by atoms with Gasteiger partial charge < -0.3 is 9.84 Å². The third kappa shape index (κ3) is 2.41. The van der Waals surface area contributed by atoms with Crippen LogP contribution in [0, 0.1) is 5.95 Å². The fraction of sp³-hybridized carbons (Fsp3) is 0.100. The average Bonchev–Trinajstić information content (AvgIpc) is 2.78. The molecule has 0 bridgehead atoms.